The highest BCUT2D eigenvalue weighted by atomic mass is 32.2. The van der Waals surface area contributed by atoms with Gasteiger partial charge < -0.3 is 0 Å². The molecule has 0 saturated carbocycles. The molecule has 0 aliphatic carbocycles. The van der Waals surface area contributed by atoms with Crippen LogP contribution < -0.4 is 4.83 Å². The van der Waals surface area contributed by atoms with Crippen molar-refractivity contribution in [1.29, 1.82) is 0 Å². The van der Waals surface area contributed by atoms with Crippen molar-refractivity contribution in [2.75, 3.05) is 0 Å². The number of carbonyl (C=O) groups is 1. The van der Waals surface area contributed by atoms with Gasteiger partial charge in [-0.1, -0.05) is 66.7 Å². The first kappa shape index (κ1) is 18.0. The molecule has 0 fully saturated rings. The summed E-state index contributed by atoms with van der Waals surface area (Å²) in [6, 6.07) is 21.0. The number of hydrogen-bond donors (Lipinski definition) is 1. The Morgan fingerprint density at radius 1 is 0.885 bits per heavy atom. The topological polar surface area (TPSA) is 75.6 Å². The molecule has 0 bridgehead atoms. The third-order valence-corrected chi connectivity index (χ3v) is 6.20. The van der Waals surface area contributed by atoms with Crippen molar-refractivity contribution in [2.45, 2.75) is 10.6 Å². The molecule has 0 spiro atoms. The second-order valence-electron chi connectivity index (χ2n) is 5.42. The van der Waals surface area contributed by atoms with E-state index in [4.69, 9.17) is 0 Å². The van der Waals surface area contributed by atoms with E-state index in [9.17, 15) is 13.2 Å². The van der Waals surface area contributed by atoms with Crippen molar-refractivity contribution in [3.8, 4) is 0 Å². The smallest absolute Gasteiger partial charge is 0.286 e. The van der Waals surface area contributed by atoms with E-state index in [0.29, 0.717) is 16.8 Å². The highest BCUT2D eigenvalue weighted by Crippen LogP contribution is 2.16. The summed E-state index contributed by atoms with van der Waals surface area (Å²) in [5, 5.41) is 5.73. The summed E-state index contributed by atoms with van der Waals surface area (Å²) in [6.45, 7) is 0. The Morgan fingerprint density at radius 2 is 1.50 bits per heavy atom. The van der Waals surface area contributed by atoms with Gasteiger partial charge in [-0.3, -0.25) is 4.79 Å². The van der Waals surface area contributed by atoms with E-state index < -0.39 is 10.0 Å². The quantitative estimate of drug-likeness (QED) is 0.383. The maximum absolute atomic E-state index is 12.5. The normalized spacial score (nSPS) is 11.9. The van der Waals surface area contributed by atoms with Crippen LogP contribution in [0.5, 0.6) is 0 Å². The fraction of sp³-hybridized carbons (Fsp3) is 0.0526. The number of carbonyl (C=O) groups excluding carboxylic acids is 1. The molecule has 2 aromatic carbocycles. The van der Waals surface area contributed by atoms with E-state index in [0.717, 1.165) is 11.3 Å². The lowest BCUT2D eigenvalue weighted by Crippen LogP contribution is -2.21. The van der Waals surface area contributed by atoms with Crippen molar-refractivity contribution < 1.29 is 13.2 Å². The van der Waals surface area contributed by atoms with Crippen molar-refractivity contribution >= 4 is 32.9 Å². The second kappa shape index (κ2) is 8.07. The Balaban J connectivity index is 1.88. The molecular formula is C19H16N2O3S2. The number of rotatable bonds is 7. The molecule has 5 nitrogen and oxygen atoms in total. The van der Waals surface area contributed by atoms with Gasteiger partial charge in [-0.15, -0.1) is 11.3 Å². The van der Waals surface area contributed by atoms with Crippen LogP contribution in [-0.2, 0) is 10.0 Å². The second-order valence-corrected chi connectivity index (χ2v) is 8.25. The number of hydrogen-bond acceptors (Lipinski definition) is 5. The Labute approximate surface area is 156 Å². The lowest BCUT2D eigenvalue weighted by atomic mass is 10.0. The third-order valence-electron chi connectivity index (χ3n) is 3.59. The molecule has 0 radical (unpaired) electrons. The minimum absolute atomic E-state index is 0.0129. The van der Waals surface area contributed by atoms with Crippen LogP contribution in [0.15, 0.2) is 87.5 Å². The van der Waals surface area contributed by atoms with Crippen molar-refractivity contribution in [2.24, 2.45) is 5.10 Å². The van der Waals surface area contributed by atoms with Crippen LogP contribution in [0.4, 0.5) is 0 Å². The highest BCUT2D eigenvalue weighted by Gasteiger charge is 2.16. The summed E-state index contributed by atoms with van der Waals surface area (Å²) in [6.07, 6.45) is -0.0129. The zero-order valence-electron chi connectivity index (χ0n) is 13.7. The fourth-order valence-corrected chi connectivity index (χ4v) is 4.10. The van der Waals surface area contributed by atoms with Crippen molar-refractivity contribution in [3.63, 3.8) is 0 Å². The van der Waals surface area contributed by atoms with E-state index >= 15 is 0 Å². The largest absolute Gasteiger partial charge is 0.294 e. The van der Waals surface area contributed by atoms with E-state index in [2.05, 4.69) is 9.93 Å². The van der Waals surface area contributed by atoms with E-state index in [-0.39, 0.29) is 16.4 Å². The van der Waals surface area contributed by atoms with Crippen molar-refractivity contribution in [3.05, 3.63) is 89.3 Å². The fourth-order valence-electron chi connectivity index (χ4n) is 2.29. The standard InChI is InChI=1S/C19H16N2O3S2/c22-18(16-10-5-2-6-11-16)14-17(15-8-3-1-4-9-15)20-21-26(23,24)19-12-7-13-25-19/h1-13,21H,14H2/b20-17-. The predicted octanol–water partition coefficient (Wildman–Crippen LogP) is 3.70. The Kier molecular flexibility index (Phi) is 5.60. The summed E-state index contributed by atoms with van der Waals surface area (Å²) < 4.78 is 24.8. The van der Waals surface area contributed by atoms with E-state index in [1.165, 1.54) is 6.07 Å². The number of benzene rings is 2. The summed E-state index contributed by atoms with van der Waals surface area (Å²) in [4.78, 5) is 14.8. The molecule has 0 amide bonds. The monoisotopic (exact) mass is 384 g/mol. The van der Waals surface area contributed by atoms with Gasteiger partial charge in [0, 0.05) is 5.56 Å². The van der Waals surface area contributed by atoms with Gasteiger partial charge in [0.25, 0.3) is 10.0 Å². The molecule has 3 rings (SSSR count). The maximum Gasteiger partial charge on any atom is 0.286 e. The molecule has 7 heteroatoms. The minimum atomic E-state index is -3.75. The van der Waals surface area contributed by atoms with Gasteiger partial charge in [0.05, 0.1) is 12.1 Å². The molecule has 0 atom stereocenters. The Morgan fingerprint density at radius 3 is 2.08 bits per heavy atom. The van der Waals surface area contributed by atoms with Crippen molar-refractivity contribution in [1.82, 2.24) is 4.83 Å². The number of sulfonamides is 1. The van der Waals surface area contributed by atoms with Gasteiger partial charge >= 0.3 is 0 Å². The van der Waals surface area contributed by atoms with Gasteiger partial charge in [-0.25, -0.2) is 0 Å². The Bertz CT molecular complexity index is 997. The molecule has 0 saturated heterocycles. The van der Waals surface area contributed by atoms with Crippen LogP contribution in [0.3, 0.4) is 0 Å². The highest BCUT2D eigenvalue weighted by molar-refractivity contribution is 7.91. The first-order valence-electron chi connectivity index (χ1n) is 7.82. The molecule has 0 aliphatic heterocycles. The van der Waals surface area contributed by atoms with Crippen LogP contribution >= 0.6 is 11.3 Å². The minimum Gasteiger partial charge on any atom is -0.294 e. The van der Waals surface area contributed by atoms with Gasteiger partial charge in [0.2, 0.25) is 0 Å². The molecule has 1 aromatic heterocycles. The first-order valence-corrected chi connectivity index (χ1v) is 10.2. The first-order chi connectivity index (χ1) is 12.6. The van der Waals surface area contributed by atoms with Crippen LogP contribution in [0.2, 0.25) is 0 Å². The van der Waals surface area contributed by atoms with E-state index in [1.54, 1.807) is 47.8 Å². The van der Waals surface area contributed by atoms with Crippen LogP contribution in [0.25, 0.3) is 0 Å². The molecule has 26 heavy (non-hydrogen) atoms. The molecule has 3 aromatic rings. The lowest BCUT2D eigenvalue weighted by Gasteiger charge is -2.08. The SMILES string of the molecule is O=C(C/C(=N/NS(=O)(=O)c1cccs1)c1ccccc1)c1ccccc1. The summed E-state index contributed by atoms with van der Waals surface area (Å²) in [7, 11) is -3.75. The summed E-state index contributed by atoms with van der Waals surface area (Å²) in [5.74, 6) is -0.136. The average Bonchev–Trinajstić information content (AvgIpc) is 3.22. The molecule has 0 aliphatic rings. The van der Waals surface area contributed by atoms with Gasteiger partial charge in [0.15, 0.2) is 5.78 Å². The van der Waals surface area contributed by atoms with Gasteiger partial charge in [0.1, 0.15) is 4.21 Å². The predicted molar refractivity (Wildman–Crippen MR) is 103 cm³/mol. The van der Waals surface area contributed by atoms with E-state index in [1.807, 2.05) is 24.3 Å². The zero-order chi connectivity index (χ0) is 18.4. The number of hydrazone groups is 1. The average molecular weight is 384 g/mol. The van der Waals surface area contributed by atoms with Crippen LogP contribution in [0.1, 0.15) is 22.3 Å². The maximum atomic E-state index is 12.5. The Hall–Kier alpha value is -2.77. The summed E-state index contributed by atoms with van der Waals surface area (Å²) >= 11 is 1.10. The lowest BCUT2D eigenvalue weighted by molar-refractivity contribution is 0.100. The molecular weight excluding hydrogens is 368 g/mol. The third kappa shape index (κ3) is 4.44. The zero-order valence-corrected chi connectivity index (χ0v) is 15.3. The molecule has 1 heterocycles. The molecule has 0 unspecified atom stereocenters. The van der Waals surface area contributed by atoms with Crippen LogP contribution in [0, 0.1) is 0 Å². The molecule has 132 valence electrons. The molecule has 1 N–H and O–H groups in total. The number of nitrogens with zero attached hydrogens (tertiary/aromatic N) is 1. The summed E-state index contributed by atoms with van der Waals surface area (Å²) in [5.41, 5.74) is 1.60. The van der Waals surface area contributed by atoms with Gasteiger partial charge in [-0.05, 0) is 17.0 Å². The number of thiophene rings is 1. The number of Topliss-reactive ketones (excluding diaryl/α,β-unsaturated/α-hetero) is 1. The van der Waals surface area contributed by atoms with Crippen LogP contribution in [-0.4, -0.2) is 19.9 Å². The number of ketones is 1. The number of nitrogens with one attached hydrogen (secondary N) is 1. The van der Waals surface area contributed by atoms with Gasteiger partial charge in [-0.2, -0.15) is 18.4 Å².